The molecule has 0 amide bonds. The molecule has 21 heavy (non-hydrogen) atoms. The van der Waals surface area contributed by atoms with E-state index in [0.717, 1.165) is 24.2 Å². The normalized spacial score (nSPS) is 15.7. The largest absolute Gasteiger partial charge is 0.508 e. The summed E-state index contributed by atoms with van der Waals surface area (Å²) >= 11 is 0. The molecule has 0 spiro atoms. The fourth-order valence-corrected chi connectivity index (χ4v) is 3.13. The molecule has 3 nitrogen and oxygen atoms in total. The van der Waals surface area contributed by atoms with Crippen molar-refractivity contribution in [2.45, 2.75) is 31.8 Å². The molecule has 0 heterocycles. The summed E-state index contributed by atoms with van der Waals surface area (Å²) in [7, 11) is 1.64. The molecule has 1 aliphatic rings. The average Bonchev–Trinajstić information content (AvgIpc) is 2.89. The number of aromatic hydroxyl groups is 1. The first-order valence-electron chi connectivity index (χ1n) is 7.37. The molecule has 0 aromatic heterocycles. The van der Waals surface area contributed by atoms with E-state index in [0.29, 0.717) is 11.8 Å². The van der Waals surface area contributed by atoms with Crippen LogP contribution in [0.1, 0.15) is 29.7 Å². The molecule has 3 heteroatoms. The van der Waals surface area contributed by atoms with Gasteiger partial charge in [-0.3, -0.25) is 0 Å². The lowest BCUT2D eigenvalue weighted by Gasteiger charge is -2.21. The van der Waals surface area contributed by atoms with Crippen LogP contribution in [0.5, 0.6) is 11.5 Å². The second kappa shape index (κ2) is 5.78. The van der Waals surface area contributed by atoms with Gasteiger partial charge in [0, 0.05) is 17.6 Å². The molecule has 3 rings (SSSR count). The first kappa shape index (κ1) is 14.0. The van der Waals surface area contributed by atoms with E-state index in [2.05, 4.69) is 36.5 Å². The van der Waals surface area contributed by atoms with Crippen molar-refractivity contribution in [3.63, 3.8) is 0 Å². The summed E-state index contributed by atoms with van der Waals surface area (Å²) in [4.78, 5) is 0. The topological polar surface area (TPSA) is 41.5 Å². The molecule has 0 bridgehead atoms. The van der Waals surface area contributed by atoms with E-state index >= 15 is 0 Å². The summed E-state index contributed by atoms with van der Waals surface area (Å²) in [5.74, 6) is 1.08. The summed E-state index contributed by atoms with van der Waals surface area (Å²) in [6, 6.07) is 14.5. The Balaban J connectivity index is 1.72. The van der Waals surface area contributed by atoms with Crippen LogP contribution in [0.3, 0.4) is 0 Å². The Morgan fingerprint density at radius 3 is 2.43 bits per heavy atom. The zero-order valence-electron chi connectivity index (χ0n) is 12.5. The SMILES string of the molecule is COc1ccc(O)c(C(C)NC2Cc3ccccc3C2)c1. The Morgan fingerprint density at radius 1 is 1.14 bits per heavy atom. The van der Waals surface area contributed by atoms with Gasteiger partial charge in [-0.15, -0.1) is 0 Å². The highest BCUT2D eigenvalue weighted by molar-refractivity contribution is 5.41. The van der Waals surface area contributed by atoms with Crippen molar-refractivity contribution in [2.24, 2.45) is 0 Å². The minimum Gasteiger partial charge on any atom is -0.508 e. The zero-order valence-corrected chi connectivity index (χ0v) is 12.5. The predicted octanol–water partition coefficient (Wildman–Crippen LogP) is 3.22. The van der Waals surface area contributed by atoms with Crippen molar-refractivity contribution in [1.82, 2.24) is 5.32 Å². The maximum Gasteiger partial charge on any atom is 0.120 e. The average molecular weight is 283 g/mol. The molecular formula is C18H21NO2. The molecule has 0 aliphatic heterocycles. The van der Waals surface area contributed by atoms with E-state index < -0.39 is 0 Å². The van der Waals surface area contributed by atoms with E-state index in [1.807, 2.05) is 6.07 Å². The highest BCUT2D eigenvalue weighted by Gasteiger charge is 2.23. The monoisotopic (exact) mass is 283 g/mol. The van der Waals surface area contributed by atoms with Gasteiger partial charge in [-0.05, 0) is 49.1 Å². The summed E-state index contributed by atoms with van der Waals surface area (Å²) in [6.45, 7) is 2.08. The Kier molecular flexibility index (Phi) is 3.84. The van der Waals surface area contributed by atoms with E-state index in [1.54, 1.807) is 19.2 Å². The Bertz CT molecular complexity index is 614. The third-order valence-corrected chi connectivity index (χ3v) is 4.24. The molecule has 0 radical (unpaired) electrons. The lowest BCUT2D eigenvalue weighted by Crippen LogP contribution is -2.32. The van der Waals surface area contributed by atoms with Crippen molar-refractivity contribution in [1.29, 1.82) is 0 Å². The van der Waals surface area contributed by atoms with Gasteiger partial charge in [0.2, 0.25) is 0 Å². The van der Waals surface area contributed by atoms with Gasteiger partial charge in [-0.1, -0.05) is 24.3 Å². The van der Waals surface area contributed by atoms with Gasteiger partial charge in [-0.25, -0.2) is 0 Å². The number of phenols is 1. The quantitative estimate of drug-likeness (QED) is 0.905. The number of nitrogens with one attached hydrogen (secondary N) is 1. The maximum atomic E-state index is 10.1. The van der Waals surface area contributed by atoms with Crippen molar-refractivity contribution >= 4 is 0 Å². The fraction of sp³-hybridized carbons (Fsp3) is 0.333. The summed E-state index contributed by atoms with van der Waals surface area (Å²) < 4.78 is 5.24. The summed E-state index contributed by atoms with van der Waals surface area (Å²) in [6.07, 6.45) is 2.09. The number of fused-ring (bicyclic) bond motifs is 1. The number of benzene rings is 2. The van der Waals surface area contributed by atoms with Crippen molar-refractivity contribution in [3.05, 3.63) is 59.2 Å². The van der Waals surface area contributed by atoms with Crippen molar-refractivity contribution in [3.8, 4) is 11.5 Å². The van der Waals surface area contributed by atoms with Gasteiger partial charge in [0.05, 0.1) is 7.11 Å². The highest BCUT2D eigenvalue weighted by Crippen LogP contribution is 2.30. The van der Waals surface area contributed by atoms with Crippen molar-refractivity contribution < 1.29 is 9.84 Å². The van der Waals surface area contributed by atoms with Crippen LogP contribution in [0.25, 0.3) is 0 Å². The third-order valence-electron chi connectivity index (χ3n) is 4.24. The molecule has 1 atom stereocenters. The summed E-state index contributed by atoms with van der Waals surface area (Å²) in [5.41, 5.74) is 3.74. The number of hydrogen-bond donors (Lipinski definition) is 2. The van der Waals surface area contributed by atoms with Gasteiger partial charge in [0.1, 0.15) is 11.5 Å². The van der Waals surface area contributed by atoms with Crippen LogP contribution in [-0.4, -0.2) is 18.3 Å². The molecular weight excluding hydrogens is 262 g/mol. The number of methoxy groups -OCH3 is 1. The van der Waals surface area contributed by atoms with Crippen LogP contribution in [0.15, 0.2) is 42.5 Å². The molecule has 110 valence electrons. The van der Waals surface area contributed by atoms with Gasteiger partial charge in [0.25, 0.3) is 0 Å². The Labute approximate surface area is 125 Å². The van der Waals surface area contributed by atoms with Crippen LogP contribution in [0.2, 0.25) is 0 Å². The van der Waals surface area contributed by atoms with E-state index in [-0.39, 0.29) is 6.04 Å². The first-order valence-corrected chi connectivity index (χ1v) is 7.37. The number of phenolic OH excluding ortho intramolecular Hbond substituents is 1. The second-order valence-corrected chi connectivity index (χ2v) is 5.69. The predicted molar refractivity (Wildman–Crippen MR) is 83.8 cm³/mol. The Hall–Kier alpha value is -2.00. The van der Waals surface area contributed by atoms with Gasteiger partial charge in [0.15, 0.2) is 0 Å². The van der Waals surface area contributed by atoms with E-state index in [4.69, 9.17) is 4.74 Å². The van der Waals surface area contributed by atoms with Gasteiger partial charge in [-0.2, -0.15) is 0 Å². The minimum atomic E-state index is 0.0828. The molecule has 0 saturated heterocycles. The van der Waals surface area contributed by atoms with Gasteiger partial charge < -0.3 is 15.2 Å². The van der Waals surface area contributed by atoms with Gasteiger partial charge >= 0.3 is 0 Å². The third kappa shape index (κ3) is 2.88. The fourth-order valence-electron chi connectivity index (χ4n) is 3.13. The van der Waals surface area contributed by atoms with Crippen molar-refractivity contribution in [2.75, 3.05) is 7.11 Å². The van der Waals surface area contributed by atoms with Crippen LogP contribution in [-0.2, 0) is 12.8 Å². The molecule has 2 aromatic carbocycles. The standard InChI is InChI=1S/C18H21NO2/c1-12(17-11-16(21-2)7-8-18(17)20)19-15-9-13-5-3-4-6-14(13)10-15/h3-8,11-12,15,19-20H,9-10H2,1-2H3. The molecule has 1 unspecified atom stereocenters. The lowest BCUT2D eigenvalue weighted by molar-refractivity contribution is 0.403. The van der Waals surface area contributed by atoms with Crippen LogP contribution in [0.4, 0.5) is 0 Å². The van der Waals surface area contributed by atoms with Crippen LogP contribution in [0, 0.1) is 0 Å². The first-order chi connectivity index (χ1) is 10.2. The second-order valence-electron chi connectivity index (χ2n) is 5.69. The molecule has 1 aliphatic carbocycles. The lowest BCUT2D eigenvalue weighted by atomic mass is 10.0. The number of rotatable bonds is 4. The van der Waals surface area contributed by atoms with E-state index in [9.17, 15) is 5.11 Å². The van der Waals surface area contributed by atoms with Crippen LogP contribution >= 0.6 is 0 Å². The zero-order chi connectivity index (χ0) is 14.8. The number of ether oxygens (including phenoxy) is 1. The summed E-state index contributed by atoms with van der Waals surface area (Å²) in [5, 5.41) is 13.7. The molecule has 0 saturated carbocycles. The molecule has 2 N–H and O–H groups in total. The number of hydrogen-bond acceptors (Lipinski definition) is 3. The molecule has 2 aromatic rings. The maximum absolute atomic E-state index is 10.1. The van der Waals surface area contributed by atoms with Crippen LogP contribution < -0.4 is 10.1 Å². The molecule has 0 fully saturated rings. The highest BCUT2D eigenvalue weighted by atomic mass is 16.5. The van der Waals surface area contributed by atoms with E-state index in [1.165, 1.54) is 11.1 Å². The smallest absolute Gasteiger partial charge is 0.120 e. The minimum absolute atomic E-state index is 0.0828. The Morgan fingerprint density at radius 2 is 1.81 bits per heavy atom.